The zero-order valence-corrected chi connectivity index (χ0v) is 11.8. The SMILES string of the molecule is CCc1nn(Cc2ccc(OC)cc2)c(CC)c1N. The van der Waals surface area contributed by atoms with E-state index in [1.807, 2.05) is 16.8 Å². The number of benzene rings is 1. The van der Waals surface area contributed by atoms with Gasteiger partial charge in [-0.3, -0.25) is 4.68 Å². The Bertz CT molecular complexity index is 543. The van der Waals surface area contributed by atoms with Crippen LogP contribution in [-0.4, -0.2) is 16.9 Å². The molecule has 0 aliphatic rings. The maximum absolute atomic E-state index is 6.12. The molecule has 0 saturated carbocycles. The molecule has 2 aromatic rings. The quantitative estimate of drug-likeness (QED) is 0.898. The summed E-state index contributed by atoms with van der Waals surface area (Å²) in [4.78, 5) is 0. The van der Waals surface area contributed by atoms with Crippen molar-refractivity contribution in [3.05, 3.63) is 41.2 Å². The Morgan fingerprint density at radius 1 is 1.16 bits per heavy atom. The summed E-state index contributed by atoms with van der Waals surface area (Å²) in [5, 5.41) is 4.60. The summed E-state index contributed by atoms with van der Waals surface area (Å²) < 4.78 is 7.17. The van der Waals surface area contributed by atoms with E-state index in [0.717, 1.165) is 42.2 Å². The van der Waals surface area contributed by atoms with Gasteiger partial charge in [0.25, 0.3) is 0 Å². The van der Waals surface area contributed by atoms with E-state index in [9.17, 15) is 0 Å². The highest BCUT2D eigenvalue weighted by Gasteiger charge is 2.12. The highest BCUT2D eigenvalue weighted by molar-refractivity contribution is 5.48. The van der Waals surface area contributed by atoms with Gasteiger partial charge in [-0.1, -0.05) is 26.0 Å². The van der Waals surface area contributed by atoms with Gasteiger partial charge in [-0.15, -0.1) is 0 Å². The molecule has 1 aromatic carbocycles. The van der Waals surface area contributed by atoms with Crippen LogP contribution in [0, 0.1) is 0 Å². The summed E-state index contributed by atoms with van der Waals surface area (Å²) in [5.41, 5.74) is 10.3. The summed E-state index contributed by atoms with van der Waals surface area (Å²) in [5.74, 6) is 0.869. The number of methoxy groups -OCH3 is 1. The van der Waals surface area contributed by atoms with Gasteiger partial charge in [0.05, 0.1) is 30.7 Å². The Kier molecular flexibility index (Phi) is 4.10. The third-order valence-electron chi connectivity index (χ3n) is 3.34. The first-order valence-electron chi connectivity index (χ1n) is 6.66. The monoisotopic (exact) mass is 259 g/mol. The Hall–Kier alpha value is -1.97. The molecule has 2 N–H and O–H groups in total. The molecule has 0 aliphatic heterocycles. The number of nitrogens with zero attached hydrogens (tertiary/aromatic N) is 2. The van der Waals surface area contributed by atoms with Crippen LogP contribution in [0.25, 0.3) is 0 Å². The van der Waals surface area contributed by atoms with Gasteiger partial charge in [0.15, 0.2) is 0 Å². The highest BCUT2D eigenvalue weighted by atomic mass is 16.5. The van der Waals surface area contributed by atoms with Crippen molar-refractivity contribution >= 4 is 5.69 Å². The second-order valence-corrected chi connectivity index (χ2v) is 4.52. The Morgan fingerprint density at radius 2 is 1.84 bits per heavy atom. The lowest BCUT2D eigenvalue weighted by molar-refractivity contribution is 0.414. The average Bonchev–Trinajstić information content (AvgIpc) is 2.75. The van der Waals surface area contributed by atoms with E-state index in [0.29, 0.717) is 0 Å². The zero-order chi connectivity index (χ0) is 13.8. The van der Waals surface area contributed by atoms with Gasteiger partial charge in [0.1, 0.15) is 5.75 Å². The van der Waals surface area contributed by atoms with E-state index in [-0.39, 0.29) is 0 Å². The van der Waals surface area contributed by atoms with E-state index in [4.69, 9.17) is 10.5 Å². The summed E-state index contributed by atoms with van der Waals surface area (Å²) >= 11 is 0. The minimum atomic E-state index is 0.747. The second-order valence-electron chi connectivity index (χ2n) is 4.52. The molecule has 0 atom stereocenters. The third-order valence-corrected chi connectivity index (χ3v) is 3.34. The molecule has 0 fully saturated rings. The number of hydrogen-bond donors (Lipinski definition) is 1. The molecule has 0 saturated heterocycles. The Labute approximate surface area is 114 Å². The fraction of sp³-hybridized carbons (Fsp3) is 0.400. The predicted molar refractivity (Wildman–Crippen MR) is 77.5 cm³/mol. The van der Waals surface area contributed by atoms with Gasteiger partial charge < -0.3 is 10.5 Å². The van der Waals surface area contributed by atoms with Gasteiger partial charge in [-0.05, 0) is 30.5 Å². The van der Waals surface area contributed by atoms with Crippen LogP contribution in [0.5, 0.6) is 5.75 Å². The second kappa shape index (κ2) is 5.78. The number of ether oxygens (including phenoxy) is 1. The minimum absolute atomic E-state index is 0.747. The van der Waals surface area contributed by atoms with Crippen LogP contribution in [0.3, 0.4) is 0 Å². The Morgan fingerprint density at radius 3 is 2.37 bits per heavy atom. The summed E-state index contributed by atoms with van der Waals surface area (Å²) in [6.07, 6.45) is 1.77. The molecule has 2 rings (SSSR count). The van der Waals surface area contributed by atoms with Crippen molar-refractivity contribution in [3.63, 3.8) is 0 Å². The molecular formula is C15H21N3O. The molecule has 19 heavy (non-hydrogen) atoms. The third kappa shape index (κ3) is 2.72. The van der Waals surface area contributed by atoms with Crippen molar-refractivity contribution in [3.8, 4) is 5.75 Å². The van der Waals surface area contributed by atoms with E-state index >= 15 is 0 Å². The van der Waals surface area contributed by atoms with E-state index in [2.05, 4.69) is 31.1 Å². The maximum atomic E-state index is 6.12. The van der Waals surface area contributed by atoms with Gasteiger partial charge in [0, 0.05) is 0 Å². The smallest absolute Gasteiger partial charge is 0.118 e. The van der Waals surface area contributed by atoms with Gasteiger partial charge in [-0.25, -0.2) is 0 Å². The van der Waals surface area contributed by atoms with Crippen LogP contribution in [0.4, 0.5) is 5.69 Å². The van der Waals surface area contributed by atoms with E-state index in [1.165, 1.54) is 5.56 Å². The Balaban J connectivity index is 2.26. The number of aromatic nitrogens is 2. The summed E-state index contributed by atoms with van der Waals surface area (Å²) in [7, 11) is 1.67. The lowest BCUT2D eigenvalue weighted by atomic mass is 10.2. The molecular weight excluding hydrogens is 238 g/mol. The molecule has 0 aliphatic carbocycles. The van der Waals surface area contributed by atoms with Crippen molar-refractivity contribution in [2.75, 3.05) is 12.8 Å². The van der Waals surface area contributed by atoms with Crippen LogP contribution >= 0.6 is 0 Å². The van der Waals surface area contributed by atoms with Crippen molar-refractivity contribution < 1.29 is 4.74 Å². The number of hydrogen-bond acceptors (Lipinski definition) is 3. The van der Waals surface area contributed by atoms with Crippen LogP contribution in [-0.2, 0) is 19.4 Å². The molecule has 1 aromatic heterocycles. The molecule has 0 radical (unpaired) electrons. The van der Waals surface area contributed by atoms with Crippen LogP contribution in [0.15, 0.2) is 24.3 Å². The lowest BCUT2D eigenvalue weighted by Crippen LogP contribution is -2.06. The predicted octanol–water partition coefficient (Wildman–Crippen LogP) is 2.65. The molecule has 0 bridgehead atoms. The number of nitrogens with two attached hydrogens (primary N) is 1. The molecule has 0 unspecified atom stereocenters. The first-order valence-corrected chi connectivity index (χ1v) is 6.66. The number of rotatable bonds is 5. The maximum Gasteiger partial charge on any atom is 0.118 e. The van der Waals surface area contributed by atoms with Crippen LogP contribution < -0.4 is 10.5 Å². The standard InChI is InChI=1S/C15H21N3O/c1-4-13-15(16)14(5-2)18(17-13)10-11-6-8-12(19-3)9-7-11/h6-9H,4-5,10,16H2,1-3H3. The van der Waals surface area contributed by atoms with Crippen LogP contribution in [0.1, 0.15) is 30.8 Å². The minimum Gasteiger partial charge on any atom is -0.497 e. The number of aryl methyl sites for hydroxylation is 1. The van der Waals surface area contributed by atoms with E-state index < -0.39 is 0 Å². The fourth-order valence-corrected chi connectivity index (χ4v) is 2.23. The number of anilines is 1. The first-order chi connectivity index (χ1) is 9.19. The van der Waals surface area contributed by atoms with Gasteiger partial charge in [0.2, 0.25) is 0 Å². The fourth-order valence-electron chi connectivity index (χ4n) is 2.23. The normalized spacial score (nSPS) is 10.7. The van der Waals surface area contributed by atoms with Crippen molar-refractivity contribution in [2.45, 2.75) is 33.2 Å². The molecule has 0 amide bonds. The topological polar surface area (TPSA) is 53.1 Å². The molecule has 4 nitrogen and oxygen atoms in total. The number of nitrogen functional groups attached to an aromatic ring is 1. The first kappa shape index (κ1) is 13.5. The summed E-state index contributed by atoms with van der Waals surface area (Å²) in [6, 6.07) is 8.05. The summed E-state index contributed by atoms with van der Waals surface area (Å²) in [6.45, 7) is 4.94. The van der Waals surface area contributed by atoms with Crippen LogP contribution in [0.2, 0.25) is 0 Å². The average molecular weight is 259 g/mol. The molecule has 1 heterocycles. The van der Waals surface area contributed by atoms with E-state index in [1.54, 1.807) is 7.11 Å². The molecule has 0 spiro atoms. The van der Waals surface area contributed by atoms with Gasteiger partial charge >= 0.3 is 0 Å². The van der Waals surface area contributed by atoms with Crippen molar-refractivity contribution in [1.82, 2.24) is 9.78 Å². The van der Waals surface area contributed by atoms with Gasteiger partial charge in [-0.2, -0.15) is 5.10 Å². The zero-order valence-electron chi connectivity index (χ0n) is 11.8. The molecule has 4 heteroatoms. The lowest BCUT2D eigenvalue weighted by Gasteiger charge is -2.07. The van der Waals surface area contributed by atoms with Crippen molar-refractivity contribution in [2.24, 2.45) is 0 Å². The highest BCUT2D eigenvalue weighted by Crippen LogP contribution is 2.20. The molecule has 102 valence electrons. The van der Waals surface area contributed by atoms with Crippen molar-refractivity contribution in [1.29, 1.82) is 0 Å². The largest absolute Gasteiger partial charge is 0.497 e.